The first-order chi connectivity index (χ1) is 7.77. The van der Waals surface area contributed by atoms with Gasteiger partial charge in [0.05, 0.1) is 11.9 Å². The zero-order chi connectivity index (χ0) is 11.1. The van der Waals surface area contributed by atoms with Crippen molar-refractivity contribution in [3.8, 4) is 0 Å². The van der Waals surface area contributed by atoms with Crippen molar-refractivity contribution in [2.45, 2.75) is 57.0 Å². The number of aromatic nitrogens is 2. The highest BCUT2D eigenvalue weighted by atomic mass is 79.9. The Bertz CT molecular complexity index is 393. The van der Waals surface area contributed by atoms with Gasteiger partial charge < -0.3 is 10.3 Å². The number of hydrogen-bond acceptors (Lipinski definition) is 2. The highest BCUT2D eigenvalue weighted by Crippen LogP contribution is 2.38. The minimum atomic E-state index is 0.151. The molecule has 1 aromatic rings. The molecule has 2 heterocycles. The number of nitrogens with two attached hydrogens (primary N) is 1. The van der Waals surface area contributed by atoms with Crippen LogP contribution >= 0.6 is 15.9 Å². The van der Waals surface area contributed by atoms with E-state index in [1.807, 2.05) is 0 Å². The van der Waals surface area contributed by atoms with Crippen LogP contribution in [-0.4, -0.2) is 9.55 Å². The van der Waals surface area contributed by atoms with E-state index in [9.17, 15) is 0 Å². The fourth-order valence-electron chi connectivity index (χ4n) is 3.13. The van der Waals surface area contributed by atoms with Crippen molar-refractivity contribution in [3.63, 3.8) is 0 Å². The maximum atomic E-state index is 6.23. The minimum Gasteiger partial charge on any atom is -0.315 e. The molecule has 2 aliphatic rings. The number of rotatable bonds is 1. The standard InChI is InChI=1S/C12H18BrN3/c13-11-9-6-3-7-10(14)16(9)12(15-11)8-4-1-2-5-8/h8,10H,1-7,14H2. The Balaban J connectivity index is 2.04. The normalized spacial score (nSPS) is 26.0. The Labute approximate surface area is 105 Å². The lowest BCUT2D eigenvalue weighted by molar-refractivity contribution is 0.391. The van der Waals surface area contributed by atoms with Gasteiger partial charge in [-0.05, 0) is 48.0 Å². The molecule has 1 aromatic heterocycles. The molecule has 16 heavy (non-hydrogen) atoms. The Kier molecular flexibility index (Phi) is 2.80. The van der Waals surface area contributed by atoms with Gasteiger partial charge in [0.2, 0.25) is 0 Å². The Morgan fingerprint density at radius 3 is 2.69 bits per heavy atom. The molecule has 0 spiro atoms. The molecule has 1 aliphatic heterocycles. The first kappa shape index (κ1) is 10.8. The summed E-state index contributed by atoms with van der Waals surface area (Å²) in [5.74, 6) is 1.89. The molecule has 2 N–H and O–H groups in total. The number of nitrogens with zero attached hydrogens (tertiary/aromatic N) is 2. The molecule has 1 unspecified atom stereocenters. The first-order valence-corrected chi connectivity index (χ1v) is 7.08. The second kappa shape index (κ2) is 4.15. The van der Waals surface area contributed by atoms with Crippen molar-refractivity contribution >= 4 is 15.9 Å². The third-order valence-electron chi connectivity index (χ3n) is 3.95. The smallest absolute Gasteiger partial charge is 0.127 e. The molecule has 1 fully saturated rings. The van der Waals surface area contributed by atoms with E-state index >= 15 is 0 Å². The molecule has 0 aromatic carbocycles. The van der Waals surface area contributed by atoms with Crippen LogP contribution in [0.3, 0.4) is 0 Å². The second-order valence-corrected chi connectivity index (χ2v) is 5.77. The van der Waals surface area contributed by atoms with Crippen LogP contribution in [0.15, 0.2) is 4.60 Å². The fourth-order valence-corrected chi connectivity index (χ4v) is 3.70. The summed E-state index contributed by atoms with van der Waals surface area (Å²) in [7, 11) is 0. The second-order valence-electron chi connectivity index (χ2n) is 5.02. The van der Waals surface area contributed by atoms with Crippen LogP contribution in [0.25, 0.3) is 0 Å². The molecule has 0 bridgehead atoms. The van der Waals surface area contributed by atoms with Crippen molar-refractivity contribution < 1.29 is 0 Å². The van der Waals surface area contributed by atoms with Gasteiger partial charge in [0.15, 0.2) is 0 Å². The molecule has 1 aliphatic carbocycles. The minimum absolute atomic E-state index is 0.151. The summed E-state index contributed by atoms with van der Waals surface area (Å²) in [6.07, 6.45) is 8.82. The summed E-state index contributed by atoms with van der Waals surface area (Å²) >= 11 is 3.59. The third-order valence-corrected chi connectivity index (χ3v) is 4.59. The van der Waals surface area contributed by atoms with Crippen molar-refractivity contribution in [1.29, 1.82) is 0 Å². The molecule has 3 rings (SSSR count). The Morgan fingerprint density at radius 2 is 1.94 bits per heavy atom. The van der Waals surface area contributed by atoms with Crippen LogP contribution in [0, 0.1) is 0 Å². The van der Waals surface area contributed by atoms with Gasteiger partial charge >= 0.3 is 0 Å². The Morgan fingerprint density at radius 1 is 1.19 bits per heavy atom. The number of fused-ring (bicyclic) bond motifs is 1. The van der Waals surface area contributed by atoms with E-state index in [1.165, 1.54) is 43.6 Å². The highest BCUT2D eigenvalue weighted by molar-refractivity contribution is 9.10. The van der Waals surface area contributed by atoms with E-state index in [0.717, 1.165) is 17.4 Å². The number of imidazole rings is 1. The van der Waals surface area contributed by atoms with Crippen molar-refractivity contribution in [2.24, 2.45) is 5.73 Å². The molecule has 3 nitrogen and oxygen atoms in total. The molecule has 0 radical (unpaired) electrons. The lowest BCUT2D eigenvalue weighted by Gasteiger charge is -2.25. The Hall–Kier alpha value is -0.350. The van der Waals surface area contributed by atoms with Crippen molar-refractivity contribution in [1.82, 2.24) is 9.55 Å². The van der Waals surface area contributed by atoms with Crippen molar-refractivity contribution in [2.75, 3.05) is 0 Å². The van der Waals surface area contributed by atoms with E-state index in [0.29, 0.717) is 5.92 Å². The van der Waals surface area contributed by atoms with Gasteiger partial charge in [-0.3, -0.25) is 0 Å². The van der Waals surface area contributed by atoms with Crippen LogP contribution in [0.2, 0.25) is 0 Å². The largest absolute Gasteiger partial charge is 0.315 e. The highest BCUT2D eigenvalue weighted by Gasteiger charge is 2.29. The quantitative estimate of drug-likeness (QED) is 0.861. The maximum Gasteiger partial charge on any atom is 0.127 e. The van der Waals surface area contributed by atoms with E-state index < -0.39 is 0 Å². The van der Waals surface area contributed by atoms with Gasteiger partial charge in [-0.15, -0.1) is 0 Å². The summed E-state index contributed by atoms with van der Waals surface area (Å²) in [6.45, 7) is 0. The van der Waals surface area contributed by atoms with Crippen LogP contribution in [0.4, 0.5) is 0 Å². The lowest BCUT2D eigenvalue weighted by atomic mass is 10.0. The summed E-state index contributed by atoms with van der Waals surface area (Å²) < 4.78 is 3.34. The predicted octanol–water partition coefficient (Wildman–Crippen LogP) is 3.10. The molecule has 0 saturated heterocycles. The SMILES string of the molecule is NC1CCCc2c(Br)nc(C3CCCC3)n21. The van der Waals surface area contributed by atoms with Gasteiger partial charge in [0, 0.05) is 5.92 Å². The molecular formula is C12H18BrN3. The van der Waals surface area contributed by atoms with Crippen LogP contribution in [-0.2, 0) is 6.42 Å². The van der Waals surface area contributed by atoms with Gasteiger partial charge in [-0.1, -0.05) is 12.8 Å². The average molecular weight is 284 g/mol. The van der Waals surface area contributed by atoms with Gasteiger partial charge in [-0.25, -0.2) is 4.98 Å². The molecule has 1 atom stereocenters. The predicted molar refractivity (Wildman–Crippen MR) is 67.3 cm³/mol. The zero-order valence-electron chi connectivity index (χ0n) is 9.45. The van der Waals surface area contributed by atoms with Crippen molar-refractivity contribution in [3.05, 3.63) is 16.1 Å². The monoisotopic (exact) mass is 283 g/mol. The van der Waals surface area contributed by atoms with Crippen LogP contribution in [0.1, 0.15) is 62.1 Å². The summed E-state index contributed by atoms with van der Waals surface area (Å²) in [6, 6.07) is 0. The molecular weight excluding hydrogens is 266 g/mol. The number of hydrogen-bond donors (Lipinski definition) is 1. The van der Waals surface area contributed by atoms with E-state index in [1.54, 1.807) is 0 Å². The summed E-state index contributed by atoms with van der Waals surface area (Å²) in [5, 5.41) is 0. The van der Waals surface area contributed by atoms with E-state index in [2.05, 4.69) is 20.5 Å². The lowest BCUT2D eigenvalue weighted by Crippen LogP contribution is -2.27. The van der Waals surface area contributed by atoms with Crippen LogP contribution in [0.5, 0.6) is 0 Å². The third kappa shape index (κ3) is 1.63. The molecule has 4 heteroatoms. The summed E-state index contributed by atoms with van der Waals surface area (Å²) in [4.78, 5) is 4.72. The van der Waals surface area contributed by atoms with E-state index in [4.69, 9.17) is 10.7 Å². The number of halogens is 1. The molecule has 0 amide bonds. The van der Waals surface area contributed by atoms with E-state index in [-0.39, 0.29) is 6.17 Å². The van der Waals surface area contributed by atoms with Gasteiger partial charge in [-0.2, -0.15) is 0 Å². The molecule has 88 valence electrons. The maximum absolute atomic E-state index is 6.23. The topological polar surface area (TPSA) is 43.8 Å². The average Bonchev–Trinajstić information content (AvgIpc) is 2.87. The zero-order valence-corrected chi connectivity index (χ0v) is 11.0. The first-order valence-electron chi connectivity index (χ1n) is 6.29. The van der Waals surface area contributed by atoms with Crippen LogP contribution < -0.4 is 5.73 Å². The fraction of sp³-hybridized carbons (Fsp3) is 0.750. The molecule has 1 saturated carbocycles. The summed E-state index contributed by atoms with van der Waals surface area (Å²) in [5.41, 5.74) is 7.55. The van der Waals surface area contributed by atoms with Gasteiger partial charge in [0.1, 0.15) is 10.4 Å². The van der Waals surface area contributed by atoms with Gasteiger partial charge in [0.25, 0.3) is 0 Å².